The first-order valence-corrected chi connectivity index (χ1v) is 13.2. The fraction of sp³-hybridized carbons (Fsp3) is 0.345. The van der Waals surface area contributed by atoms with Gasteiger partial charge in [0.1, 0.15) is 0 Å². The van der Waals surface area contributed by atoms with E-state index in [1.54, 1.807) is 12.3 Å². The van der Waals surface area contributed by atoms with E-state index in [2.05, 4.69) is 48.7 Å². The number of aromatic nitrogens is 4. The highest BCUT2D eigenvalue weighted by molar-refractivity contribution is 6.13. The minimum atomic E-state index is -0.380. The van der Waals surface area contributed by atoms with Gasteiger partial charge < -0.3 is 10.6 Å². The van der Waals surface area contributed by atoms with Crippen LogP contribution in [0.5, 0.6) is 0 Å². The number of amides is 2. The van der Waals surface area contributed by atoms with E-state index in [0.29, 0.717) is 16.8 Å². The lowest BCUT2D eigenvalue weighted by Crippen LogP contribution is -2.32. The molecule has 0 spiro atoms. The maximum atomic E-state index is 13.3. The van der Waals surface area contributed by atoms with Gasteiger partial charge in [-0.2, -0.15) is 5.10 Å². The van der Waals surface area contributed by atoms with Crippen LogP contribution in [0.3, 0.4) is 0 Å². The molecular weight excluding hydrogens is 478 g/mol. The normalized spacial score (nSPS) is 16.4. The molecule has 2 aliphatic rings. The summed E-state index contributed by atoms with van der Waals surface area (Å²) in [6.45, 7) is 5.45. The van der Waals surface area contributed by atoms with Gasteiger partial charge in [0, 0.05) is 42.0 Å². The van der Waals surface area contributed by atoms with Gasteiger partial charge in [0.05, 0.1) is 23.1 Å². The molecule has 3 N–H and O–H groups in total. The minimum Gasteiger partial charge on any atom is -0.324 e. The van der Waals surface area contributed by atoms with Crippen LogP contribution in [-0.2, 0) is 11.3 Å². The Labute approximate surface area is 221 Å². The van der Waals surface area contributed by atoms with Crippen molar-refractivity contribution in [3.63, 3.8) is 0 Å². The third-order valence-electron chi connectivity index (χ3n) is 7.46. The Balaban J connectivity index is 1.22. The van der Waals surface area contributed by atoms with Gasteiger partial charge in [0.15, 0.2) is 5.69 Å². The van der Waals surface area contributed by atoms with E-state index in [-0.39, 0.29) is 23.4 Å². The average molecular weight is 510 g/mol. The molecular formula is C29H31N7O2. The first-order chi connectivity index (χ1) is 18.5. The van der Waals surface area contributed by atoms with Crippen LogP contribution in [0.25, 0.3) is 22.0 Å². The highest BCUT2D eigenvalue weighted by atomic mass is 16.2. The number of piperidine rings is 1. The van der Waals surface area contributed by atoms with Crippen molar-refractivity contribution in [3.8, 4) is 11.1 Å². The smallest absolute Gasteiger partial charge is 0.276 e. The molecule has 9 heteroatoms. The first-order valence-electron chi connectivity index (χ1n) is 13.2. The van der Waals surface area contributed by atoms with Crippen molar-refractivity contribution in [3.05, 3.63) is 66.4 Å². The van der Waals surface area contributed by atoms with Crippen LogP contribution in [0.2, 0.25) is 0 Å². The van der Waals surface area contributed by atoms with Crippen molar-refractivity contribution in [1.82, 2.24) is 25.1 Å². The molecule has 2 fully saturated rings. The Bertz CT molecular complexity index is 1490. The van der Waals surface area contributed by atoms with Crippen LogP contribution in [0.15, 0.2) is 55.1 Å². The minimum absolute atomic E-state index is 0.0350. The highest BCUT2D eigenvalue weighted by Gasteiger charge is 2.30. The topological polar surface area (TPSA) is 116 Å². The predicted molar refractivity (Wildman–Crippen MR) is 147 cm³/mol. The van der Waals surface area contributed by atoms with Crippen molar-refractivity contribution < 1.29 is 9.59 Å². The maximum Gasteiger partial charge on any atom is 0.276 e. The van der Waals surface area contributed by atoms with E-state index in [0.717, 1.165) is 55.0 Å². The monoisotopic (exact) mass is 509 g/mol. The fourth-order valence-corrected chi connectivity index (χ4v) is 4.94. The number of rotatable bonds is 7. The number of carbonyl (C=O) groups excluding carboxylic acids is 2. The largest absolute Gasteiger partial charge is 0.324 e. The first kappa shape index (κ1) is 24.2. The number of pyridine rings is 2. The quantitative estimate of drug-likeness (QED) is 0.328. The van der Waals surface area contributed by atoms with Crippen molar-refractivity contribution in [2.24, 2.45) is 11.8 Å². The molecule has 6 rings (SSSR count). The zero-order valence-electron chi connectivity index (χ0n) is 21.4. The second-order valence-electron chi connectivity index (χ2n) is 10.5. The number of benzene rings is 1. The van der Waals surface area contributed by atoms with E-state index in [9.17, 15) is 9.59 Å². The molecule has 9 nitrogen and oxygen atoms in total. The summed E-state index contributed by atoms with van der Waals surface area (Å²) in [5.41, 5.74) is 5.14. The number of aromatic amines is 1. The number of hydrogen-bond donors (Lipinski definition) is 3. The molecule has 1 aromatic carbocycles. The van der Waals surface area contributed by atoms with Crippen LogP contribution in [-0.4, -0.2) is 50.0 Å². The SMILES string of the molecule is CC1CCN(Cc2cncc(-c3ccc4[nH]nc(C(=O)Nc5cnccc5NC(=O)C5CC5)c4c3)c2)CC1. The Morgan fingerprint density at radius 1 is 0.947 bits per heavy atom. The highest BCUT2D eigenvalue weighted by Crippen LogP contribution is 2.32. The van der Waals surface area contributed by atoms with E-state index >= 15 is 0 Å². The Kier molecular flexibility index (Phi) is 6.59. The molecule has 4 heterocycles. The second kappa shape index (κ2) is 10.3. The van der Waals surface area contributed by atoms with Crippen LogP contribution in [0, 0.1) is 11.8 Å². The summed E-state index contributed by atoms with van der Waals surface area (Å²) in [5, 5.41) is 13.7. The lowest BCUT2D eigenvalue weighted by atomic mass is 9.98. The van der Waals surface area contributed by atoms with E-state index in [4.69, 9.17) is 0 Å². The van der Waals surface area contributed by atoms with Gasteiger partial charge in [-0.05, 0) is 80.1 Å². The molecule has 0 radical (unpaired) electrons. The number of anilines is 2. The van der Waals surface area contributed by atoms with E-state index in [1.165, 1.54) is 24.6 Å². The predicted octanol–water partition coefficient (Wildman–Crippen LogP) is 4.85. The van der Waals surface area contributed by atoms with Crippen molar-refractivity contribution >= 4 is 34.1 Å². The zero-order valence-corrected chi connectivity index (χ0v) is 21.4. The number of hydrogen-bond acceptors (Lipinski definition) is 6. The summed E-state index contributed by atoms with van der Waals surface area (Å²) in [6.07, 6.45) is 11.2. The number of H-pyrrole nitrogens is 1. The summed E-state index contributed by atoms with van der Waals surface area (Å²) >= 11 is 0. The summed E-state index contributed by atoms with van der Waals surface area (Å²) in [7, 11) is 0. The standard InChI is InChI=1S/C29H31N7O2/c1-18-7-10-36(11-8-18)17-19-12-22(15-31-14-19)21-4-5-24-23(13-21)27(35-34-24)29(38)33-26-16-30-9-6-25(26)32-28(37)20-2-3-20/h4-6,9,12-16,18,20H,2-3,7-8,10-11,17H2,1H3,(H,33,38)(H,34,35)(H,30,32,37). The molecule has 4 aromatic rings. The summed E-state index contributed by atoms with van der Waals surface area (Å²) in [4.78, 5) is 36.6. The van der Waals surface area contributed by atoms with Gasteiger partial charge in [-0.1, -0.05) is 13.0 Å². The lowest BCUT2D eigenvalue weighted by molar-refractivity contribution is -0.117. The molecule has 2 amide bonds. The Hall–Kier alpha value is -4.11. The number of nitrogens with zero attached hydrogens (tertiary/aromatic N) is 4. The maximum absolute atomic E-state index is 13.3. The molecule has 0 bridgehead atoms. The number of nitrogens with one attached hydrogen (secondary N) is 3. The fourth-order valence-electron chi connectivity index (χ4n) is 4.94. The molecule has 38 heavy (non-hydrogen) atoms. The molecule has 1 aliphatic heterocycles. The zero-order chi connectivity index (χ0) is 26.1. The van der Waals surface area contributed by atoms with Gasteiger partial charge in [0.2, 0.25) is 5.91 Å². The third kappa shape index (κ3) is 5.28. The molecule has 0 atom stereocenters. The summed E-state index contributed by atoms with van der Waals surface area (Å²) in [6, 6.07) is 9.77. The van der Waals surface area contributed by atoms with Gasteiger partial charge in [-0.3, -0.25) is 29.6 Å². The number of fused-ring (bicyclic) bond motifs is 1. The molecule has 1 saturated carbocycles. The van der Waals surface area contributed by atoms with Crippen molar-refractivity contribution in [2.75, 3.05) is 23.7 Å². The van der Waals surface area contributed by atoms with Crippen molar-refractivity contribution in [1.29, 1.82) is 0 Å². The molecule has 1 aliphatic carbocycles. The van der Waals surface area contributed by atoms with Gasteiger partial charge in [0.25, 0.3) is 5.91 Å². The lowest BCUT2D eigenvalue weighted by Gasteiger charge is -2.30. The van der Waals surface area contributed by atoms with Gasteiger partial charge >= 0.3 is 0 Å². The van der Waals surface area contributed by atoms with Gasteiger partial charge in [-0.25, -0.2) is 0 Å². The molecule has 3 aromatic heterocycles. The number of carbonyl (C=O) groups is 2. The average Bonchev–Trinajstić information content (AvgIpc) is 3.70. The summed E-state index contributed by atoms with van der Waals surface area (Å²) < 4.78 is 0. The van der Waals surface area contributed by atoms with Crippen molar-refractivity contribution in [2.45, 2.75) is 39.2 Å². The van der Waals surface area contributed by atoms with Crippen LogP contribution < -0.4 is 10.6 Å². The Morgan fingerprint density at radius 3 is 2.61 bits per heavy atom. The molecule has 0 unspecified atom stereocenters. The van der Waals surface area contributed by atoms with E-state index in [1.807, 2.05) is 30.6 Å². The number of likely N-dealkylation sites (tertiary alicyclic amines) is 1. The molecule has 194 valence electrons. The van der Waals surface area contributed by atoms with Crippen LogP contribution >= 0.6 is 0 Å². The Morgan fingerprint density at radius 2 is 1.79 bits per heavy atom. The van der Waals surface area contributed by atoms with Gasteiger partial charge in [-0.15, -0.1) is 0 Å². The summed E-state index contributed by atoms with van der Waals surface area (Å²) in [5.74, 6) is 0.439. The van der Waals surface area contributed by atoms with E-state index < -0.39 is 0 Å². The van der Waals surface area contributed by atoms with Crippen LogP contribution in [0.4, 0.5) is 11.4 Å². The van der Waals surface area contributed by atoms with Crippen LogP contribution in [0.1, 0.15) is 48.7 Å². The molecule has 1 saturated heterocycles. The third-order valence-corrected chi connectivity index (χ3v) is 7.46. The second-order valence-corrected chi connectivity index (χ2v) is 10.5.